The molecule has 0 saturated carbocycles. The predicted octanol–water partition coefficient (Wildman–Crippen LogP) is 4.49. The number of rotatable bonds is 5. The molecule has 0 radical (unpaired) electrons. The molecule has 1 amide bonds. The van der Waals surface area contributed by atoms with Gasteiger partial charge in [0.15, 0.2) is 0 Å². The first-order chi connectivity index (χ1) is 15.5. The van der Waals surface area contributed by atoms with E-state index in [-0.39, 0.29) is 11.3 Å². The summed E-state index contributed by atoms with van der Waals surface area (Å²) in [5.74, 6) is -0.861. The number of nitrogens with zero attached hydrogens (tertiary/aromatic N) is 2. The van der Waals surface area contributed by atoms with Crippen molar-refractivity contribution in [2.45, 2.75) is 6.04 Å². The summed E-state index contributed by atoms with van der Waals surface area (Å²) in [6, 6.07) is 14.4. The Labute approximate surface area is 193 Å². The van der Waals surface area contributed by atoms with E-state index in [1.165, 1.54) is 19.1 Å². The highest BCUT2D eigenvalue weighted by atomic mass is 79.9. The standard InChI is InChI=1S/C24H19BrN2O5/c1-31-18-10-9-14(12-16(18)25)22(28)20-21(15-6-5-11-26-13-15)27(24(30)23(20)29)17-7-3-4-8-19(17)32-2/h3-13,21,28H,1-2H3/b22-20-. The number of hydrogen-bond donors (Lipinski definition) is 1. The van der Waals surface area contributed by atoms with Crippen molar-refractivity contribution in [2.24, 2.45) is 0 Å². The summed E-state index contributed by atoms with van der Waals surface area (Å²) in [5, 5.41) is 11.2. The number of aliphatic hydroxyl groups is 1. The highest BCUT2D eigenvalue weighted by Gasteiger charge is 2.47. The zero-order chi connectivity index (χ0) is 22.8. The molecule has 1 unspecified atom stereocenters. The third-order valence-corrected chi connectivity index (χ3v) is 5.83. The van der Waals surface area contributed by atoms with E-state index >= 15 is 0 Å². The van der Waals surface area contributed by atoms with Gasteiger partial charge in [0.2, 0.25) is 0 Å². The van der Waals surface area contributed by atoms with Crippen molar-refractivity contribution >= 4 is 39.1 Å². The lowest BCUT2D eigenvalue weighted by atomic mass is 9.96. The number of anilines is 1. The van der Waals surface area contributed by atoms with Crippen LogP contribution in [0.5, 0.6) is 11.5 Å². The number of carbonyl (C=O) groups is 2. The zero-order valence-electron chi connectivity index (χ0n) is 17.3. The molecule has 4 rings (SSSR count). The topological polar surface area (TPSA) is 89.0 Å². The lowest BCUT2D eigenvalue weighted by molar-refractivity contribution is -0.132. The fourth-order valence-corrected chi connectivity index (χ4v) is 4.27. The van der Waals surface area contributed by atoms with Crippen molar-refractivity contribution in [1.82, 2.24) is 4.98 Å². The van der Waals surface area contributed by atoms with Crippen molar-refractivity contribution in [3.8, 4) is 11.5 Å². The van der Waals surface area contributed by atoms with Gasteiger partial charge < -0.3 is 14.6 Å². The first kappa shape index (κ1) is 21.6. The van der Waals surface area contributed by atoms with Gasteiger partial charge in [-0.25, -0.2) is 0 Å². The molecule has 7 nitrogen and oxygen atoms in total. The Balaban J connectivity index is 1.95. The number of hydrogen-bond acceptors (Lipinski definition) is 6. The zero-order valence-corrected chi connectivity index (χ0v) is 18.9. The van der Waals surface area contributed by atoms with Gasteiger partial charge in [-0.15, -0.1) is 0 Å². The van der Waals surface area contributed by atoms with Crippen molar-refractivity contribution in [3.63, 3.8) is 0 Å². The van der Waals surface area contributed by atoms with Crippen molar-refractivity contribution < 1.29 is 24.2 Å². The average molecular weight is 495 g/mol. The smallest absolute Gasteiger partial charge is 0.300 e. The van der Waals surface area contributed by atoms with Crippen LogP contribution in [-0.4, -0.2) is 36.0 Å². The van der Waals surface area contributed by atoms with Crippen molar-refractivity contribution in [3.05, 3.63) is 88.2 Å². The minimum Gasteiger partial charge on any atom is -0.507 e. The quantitative estimate of drug-likeness (QED) is 0.319. The van der Waals surface area contributed by atoms with Gasteiger partial charge in [-0.1, -0.05) is 18.2 Å². The Morgan fingerprint density at radius 3 is 2.44 bits per heavy atom. The van der Waals surface area contributed by atoms with Crippen LogP contribution in [0.4, 0.5) is 5.69 Å². The summed E-state index contributed by atoms with van der Waals surface area (Å²) in [6.07, 6.45) is 3.16. The highest BCUT2D eigenvalue weighted by molar-refractivity contribution is 9.10. The number of ether oxygens (including phenoxy) is 2. The molecule has 2 heterocycles. The minimum absolute atomic E-state index is 0.0361. The summed E-state index contributed by atoms with van der Waals surface area (Å²) in [5.41, 5.74) is 1.32. The molecule has 3 aromatic rings. The molecule has 1 atom stereocenters. The summed E-state index contributed by atoms with van der Waals surface area (Å²) >= 11 is 3.39. The van der Waals surface area contributed by atoms with Crippen LogP contribution in [-0.2, 0) is 9.59 Å². The summed E-state index contributed by atoms with van der Waals surface area (Å²) in [7, 11) is 3.02. The van der Waals surface area contributed by atoms with E-state index in [2.05, 4.69) is 20.9 Å². The van der Waals surface area contributed by atoms with E-state index in [4.69, 9.17) is 9.47 Å². The molecule has 162 valence electrons. The molecule has 0 spiro atoms. The maximum absolute atomic E-state index is 13.2. The van der Waals surface area contributed by atoms with Gasteiger partial charge in [0.25, 0.3) is 11.7 Å². The number of methoxy groups -OCH3 is 2. The third kappa shape index (κ3) is 3.62. The molecule has 0 aliphatic carbocycles. The normalized spacial score (nSPS) is 17.5. The van der Waals surface area contributed by atoms with E-state index < -0.39 is 17.7 Å². The molecule has 1 saturated heterocycles. The van der Waals surface area contributed by atoms with Gasteiger partial charge in [0.1, 0.15) is 17.3 Å². The van der Waals surface area contributed by atoms with Gasteiger partial charge in [-0.05, 0) is 57.9 Å². The fourth-order valence-electron chi connectivity index (χ4n) is 3.73. The second kappa shape index (κ2) is 8.84. The van der Waals surface area contributed by atoms with Crippen LogP contribution in [0.1, 0.15) is 17.2 Å². The maximum Gasteiger partial charge on any atom is 0.300 e. The van der Waals surface area contributed by atoms with Crippen LogP contribution in [0.25, 0.3) is 5.76 Å². The SMILES string of the molecule is COc1ccc(/C(O)=C2/C(=O)C(=O)N(c3ccccc3OC)C2c2cccnc2)cc1Br. The number of carbonyl (C=O) groups excluding carboxylic acids is 2. The van der Waals surface area contributed by atoms with Crippen LogP contribution < -0.4 is 14.4 Å². The first-order valence-electron chi connectivity index (χ1n) is 9.65. The fraction of sp³-hybridized carbons (Fsp3) is 0.125. The third-order valence-electron chi connectivity index (χ3n) is 5.21. The number of pyridine rings is 1. The molecule has 1 aromatic heterocycles. The van der Waals surface area contributed by atoms with Crippen molar-refractivity contribution in [1.29, 1.82) is 0 Å². The summed E-state index contributed by atoms with van der Waals surface area (Å²) < 4.78 is 11.3. The van der Waals surface area contributed by atoms with Crippen LogP contribution in [0.15, 0.2) is 77.0 Å². The van der Waals surface area contributed by atoms with Gasteiger partial charge in [0, 0.05) is 18.0 Å². The summed E-state index contributed by atoms with van der Waals surface area (Å²) in [4.78, 5) is 31.9. The molecular formula is C24H19BrN2O5. The Bertz CT molecular complexity index is 1230. The second-order valence-corrected chi connectivity index (χ2v) is 7.83. The van der Waals surface area contributed by atoms with E-state index in [1.54, 1.807) is 67.0 Å². The Morgan fingerprint density at radius 2 is 1.78 bits per heavy atom. The van der Waals surface area contributed by atoms with Gasteiger partial charge in [-0.3, -0.25) is 19.5 Å². The highest BCUT2D eigenvalue weighted by Crippen LogP contribution is 2.45. The lowest BCUT2D eigenvalue weighted by Crippen LogP contribution is -2.29. The number of Topliss-reactive ketones (excluding diaryl/α,β-unsaturated/α-hetero) is 1. The maximum atomic E-state index is 13.2. The molecule has 1 aliphatic rings. The van der Waals surface area contributed by atoms with E-state index in [1.807, 2.05) is 0 Å². The van der Waals surface area contributed by atoms with Crippen LogP contribution in [0.2, 0.25) is 0 Å². The number of aromatic nitrogens is 1. The van der Waals surface area contributed by atoms with Gasteiger partial charge in [0.05, 0.1) is 36.0 Å². The lowest BCUT2D eigenvalue weighted by Gasteiger charge is -2.26. The predicted molar refractivity (Wildman–Crippen MR) is 123 cm³/mol. The Morgan fingerprint density at radius 1 is 1.03 bits per heavy atom. The largest absolute Gasteiger partial charge is 0.507 e. The second-order valence-electron chi connectivity index (χ2n) is 6.98. The number of benzene rings is 2. The van der Waals surface area contributed by atoms with E-state index in [0.717, 1.165) is 0 Å². The molecule has 2 aromatic carbocycles. The molecule has 8 heteroatoms. The van der Waals surface area contributed by atoms with Crippen LogP contribution >= 0.6 is 15.9 Å². The molecule has 32 heavy (non-hydrogen) atoms. The van der Waals surface area contributed by atoms with Crippen molar-refractivity contribution in [2.75, 3.05) is 19.1 Å². The molecule has 1 fully saturated rings. The number of amides is 1. The summed E-state index contributed by atoms with van der Waals surface area (Å²) in [6.45, 7) is 0. The number of ketones is 1. The van der Waals surface area contributed by atoms with E-state index in [0.29, 0.717) is 32.8 Å². The van der Waals surface area contributed by atoms with Gasteiger partial charge >= 0.3 is 0 Å². The van der Waals surface area contributed by atoms with Crippen LogP contribution in [0, 0.1) is 0 Å². The Kier molecular flexibility index (Phi) is 5.96. The first-order valence-corrected chi connectivity index (χ1v) is 10.4. The van der Waals surface area contributed by atoms with E-state index in [9.17, 15) is 14.7 Å². The molecule has 1 aliphatic heterocycles. The minimum atomic E-state index is -0.888. The van der Waals surface area contributed by atoms with Gasteiger partial charge in [-0.2, -0.15) is 0 Å². The molecule has 0 bridgehead atoms. The number of halogens is 1. The monoisotopic (exact) mass is 494 g/mol. The van der Waals surface area contributed by atoms with Crippen LogP contribution in [0.3, 0.4) is 0 Å². The molecular weight excluding hydrogens is 476 g/mol. The number of aliphatic hydroxyl groups excluding tert-OH is 1. The number of para-hydroxylation sites is 2. The average Bonchev–Trinajstić information content (AvgIpc) is 3.09. The molecule has 1 N–H and O–H groups in total. The Hall–Kier alpha value is -3.65.